The molecule has 0 saturated heterocycles. The Labute approximate surface area is 154 Å². The summed E-state index contributed by atoms with van der Waals surface area (Å²) < 4.78 is 5.17. The highest BCUT2D eigenvalue weighted by Crippen LogP contribution is 2.18. The van der Waals surface area contributed by atoms with Crippen molar-refractivity contribution in [2.45, 2.75) is 6.42 Å². The molecule has 0 atom stereocenters. The van der Waals surface area contributed by atoms with Gasteiger partial charge in [-0.25, -0.2) is 4.98 Å². The van der Waals surface area contributed by atoms with Gasteiger partial charge in [-0.15, -0.1) is 0 Å². The second-order valence-electron chi connectivity index (χ2n) is 6.22. The molecule has 2 heterocycles. The van der Waals surface area contributed by atoms with Crippen LogP contribution in [-0.2, 0) is 6.42 Å². The summed E-state index contributed by atoms with van der Waals surface area (Å²) in [6.07, 6.45) is 2.03. The number of carbonyl (C=O) groups is 1. The predicted molar refractivity (Wildman–Crippen MR) is 103 cm³/mol. The number of pyridine rings is 1. The molecular formula is C20H18N4O3. The highest BCUT2D eigenvalue weighted by molar-refractivity contribution is 5.97. The number of aromatic nitrogens is 3. The lowest BCUT2D eigenvalue weighted by atomic mass is 10.1. The first kappa shape index (κ1) is 16.8. The van der Waals surface area contributed by atoms with Crippen LogP contribution in [0.4, 0.5) is 0 Å². The summed E-state index contributed by atoms with van der Waals surface area (Å²) in [4.78, 5) is 34.6. The van der Waals surface area contributed by atoms with Crippen LogP contribution in [0.15, 0.2) is 53.6 Å². The lowest BCUT2D eigenvalue weighted by Gasteiger charge is -2.07. The van der Waals surface area contributed by atoms with Crippen LogP contribution in [0.2, 0.25) is 0 Å². The number of ether oxygens (including phenoxy) is 1. The van der Waals surface area contributed by atoms with Crippen LogP contribution in [0.3, 0.4) is 0 Å². The lowest BCUT2D eigenvalue weighted by Crippen LogP contribution is -2.27. The molecule has 27 heavy (non-hydrogen) atoms. The zero-order valence-corrected chi connectivity index (χ0v) is 14.7. The summed E-state index contributed by atoms with van der Waals surface area (Å²) in [6, 6.07) is 12.7. The maximum Gasteiger partial charge on any atom is 0.251 e. The fourth-order valence-corrected chi connectivity index (χ4v) is 3.03. The summed E-state index contributed by atoms with van der Waals surface area (Å²) in [5.41, 5.74) is 3.35. The number of aromatic amines is 2. The Kier molecular flexibility index (Phi) is 4.33. The van der Waals surface area contributed by atoms with Gasteiger partial charge in [0.1, 0.15) is 5.75 Å². The molecular weight excluding hydrogens is 344 g/mol. The highest BCUT2D eigenvalue weighted by Gasteiger charge is 2.09. The molecule has 7 heteroatoms. The molecule has 4 rings (SSSR count). The molecule has 0 aliphatic heterocycles. The number of fused-ring (bicyclic) bond motifs is 2. The Bertz CT molecular complexity index is 1190. The van der Waals surface area contributed by atoms with Crippen molar-refractivity contribution in [3.63, 3.8) is 0 Å². The first-order chi connectivity index (χ1) is 13.1. The summed E-state index contributed by atoms with van der Waals surface area (Å²) in [5.74, 6) is 0.501. The zero-order chi connectivity index (χ0) is 18.8. The molecule has 136 valence electrons. The molecule has 0 bridgehead atoms. The van der Waals surface area contributed by atoms with E-state index in [9.17, 15) is 9.59 Å². The molecule has 0 aliphatic rings. The van der Waals surface area contributed by atoms with Crippen LogP contribution in [0.5, 0.6) is 5.75 Å². The number of imidazole rings is 1. The number of hydrogen-bond acceptors (Lipinski definition) is 4. The summed E-state index contributed by atoms with van der Waals surface area (Å²) in [7, 11) is 1.58. The van der Waals surface area contributed by atoms with Crippen molar-refractivity contribution in [2.24, 2.45) is 0 Å². The van der Waals surface area contributed by atoms with E-state index in [2.05, 4.69) is 20.3 Å². The SMILES string of the molecule is COc1ccc2cc(CCNC(=O)c3ccc4nc[nH]c4c3)c(=O)[nH]c2c1. The van der Waals surface area contributed by atoms with Gasteiger partial charge in [0.2, 0.25) is 0 Å². The first-order valence-corrected chi connectivity index (χ1v) is 8.55. The lowest BCUT2D eigenvalue weighted by molar-refractivity contribution is 0.0954. The van der Waals surface area contributed by atoms with Crippen molar-refractivity contribution < 1.29 is 9.53 Å². The van der Waals surface area contributed by atoms with Gasteiger partial charge in [0.25, 0.3) is 11.5 Å². The highest BCUT2D eigenvalue weighted by atomic mass is 16.5. The Balaban J connectivity index is 1.45. The van der Waals surface area contributed by atoms with E-state index in [-0.39, 0.29) is 11.5 Å². The minimum absolute atomic E-state index is 0.163. The Morgan fingerprint density at radius 1 is 1.15 bits per heavy atom. The second-order valence-corrected chi connectivity index (χ2v) is 6.22. The van der Waals surface area contributed by atoms with Crippen LogP contribution >= 0.6 is 0 Å². The fourth-order valence-electron chi connectivity index (χ4n) is 3.03. The van der Waals surface area contributed by atoms with E-state index in [4.69, 9.17) is 4.74 Å². The van der Waals surface area contributed by atoms with Crippen molar-refractivity contribution in [3.8, 4) is 5.75 Å². The van der Waals surface area contributed by atoms with E-state index in [0.717, 1.165) is 21.9 Å². The van der Waals surface area contributed by atoms with Gasteiger partial charge in [0.15, 0.2) is 0 Å². The molecule has 7 nitrogen and oxygen atoms in total. The predicted octanol–water partition coefficient (Wildman–Crippen LogP) is 2.39. The number of nitrogens with zero attached hydrogens (tertiary/aromatic N) is 1. The van der Waals surface area contributed by atoms with E-state index in [1.807, 2.05) is 18.2 Å². The molecule has 0 spiro atoms. The summed E-state index contributed by atoms with van der Waals surface area (Å²) >= 11 is 0. The van der Waals surface area contributed by atoms with Gasteiger partial charge in [0.05, 0.1) is 30.0 Å². The molecule has 0 saturated carbocycles. The average molecular weight is 362 g/mol. The number of hydrogen-bond donors (Lipinski definition) is 3. The molecule has 2 aromatic heterocycles. The van der Waals surface area contributed by atoms with E-state index in [1.54, 1.807) is 37.7 Å². The van der Waals surface area contributed by atoms with Crippen molar-refractivity contribution >= 4 is 27.8 Å². The molecule has 0 unspecified atom stereocenters. The van der Waals surface area contributed by atoms with Crippen molar-refractivity contribution in [1.82, 2.24) is 20.3 Å². The van der Waals surface area contributed by atoms with E-state index in [1.165, 1.54) is 0 Å². The van der Waals surface area contributed by atoms with Gasteiger partial charge in [-0.05, 0) is 48.2 Å². The quantitative estimate of drug-likeness (QED) is 0.507. The van der Waals surface area contributed by atoms with Crippen LogP contribution in [0.25, 0.3) is 21.9 Å². The van der Waals surface area contributed by atoms with Crippen molar-refractivity contribution in [1.29, 1.82) is 0 Å². The average Bonchev–Trinajstić information content (AvgIpc) is 3.15. The normalized spacial score (nSPS) is 11.0. The van der Waals surface area contributed by atoms with Gasteiger partial charge >= 0.3 is 0 Å². The molecule has 1 amide bonds. The fraction of sp³-hybridized carbons (Fsp3) is 0.150. The van der Waals surface area contributed by atoms with Crippen molar-refractivity contribution in [2.75, 3.05) is 13.7 Å². The third kappa shape index (κ3) is 3.39. The Morgan fingerprint density at radius 3 is 2.89 bits per heavy atom. The molecule has 2 aromatic carbocycles. The van der Waals surface area contributed by atoms with E-state index < -0.39 is 0 Å². The van der Waals surface area contributed by atoms with Gasteiger partial charge in [-0.1, -0.05) is 0 Å². The van der Waals surface area contributed by atoms with Gasteiger partial charge < -0.3 is 20.0 Å². The monoisotopic (exact) mass is 362 g/mol. The zero-order valence-electron chi connectivity index (χ0n) is 14.7. The largest absolute Gasteiger partial charge is 0.497 e. The third-order valence-corrected chi connectivity index (χ3v) is 4.49. The Hall–Kier alpha value is -3.61. The van der Waals surface area contributed by atoms with Crippen LogP contribution in [0, 0.1) is 0 Å². The van der Waals surface area contributed by atoms with Crippen LogP contribution in [-0.4, -0.2) is 34.5 Å². The van der Waals surface area contributed by atoms with Gasteiger partial charge in [-0.2, -0.15) is 0 Å². The topological polar surface area (TPSA) is 99.9 Å². The number of nitrogens with one attached hydrogen (secondary N) is 3. The number of methoxy groups -OCH3 is 1. The molecule has 0 aliphatic carbocycles. The number of H-pyrrole nitrogens is 2. The molecule has 0 radical (unpaired) electrons. The summed E-state index contributed by atoms with van der Waals surface area (Å²) in [6.45, 7) is 0.366. The van der Waals surface area contributed by atoms with Crippen molar-refractivity contribution in [3.05, 3.63) is 70.3 Å². The molecule has 4 aromatic rings. The minimum atomic E-state index is -0.187. The number of carbonyl (C=O) groups excluding carboxylic acids is 1. The first-order valence-electron chi connectivity index (χ1n) is 8.55. The standard InChI is InChI=1S/C20H18N4O3/c1-27-15-4-2-12-8-14(20(26)24-17(12)10-15)6-7-21-19(25)13-3-5-16-18(9-13)23-11-22-16/h2-5,8-11H,6-7H2,1H3,(H,21,25)(H,22,23)(H,24,26). The number of rotatable bonds is 5. The Morgan fingerprint density at radius 2 is 2.04 bits per heavy atom. The van der Waals surface area contributed by atoms with E-state index >= 15 is 0 Å². The van der Waals surface area contributed by atoms with Crippen LogP contribution in [0.1, 0.15) is 15.9 Å². The molecule has 0 fully saturated rings. The number of amides is 1. The minimum Gasteiger partial charge on any atom is -0.497 e. The molecule has 3 N–H and O–H groups in total. The maximum atomic E-state index is 12.3. The van der Waals surface area contributed by atoms with Crippen LogP contribution < -0.4 is 15.6 Å². The van der Waals surface area contributed by atoms with Gasteiger partial charge in [-0.3, -0.25) is 9.59 Å². The third-order valence-electron chi connectivity index (χ3n) is 4.49. The number of benzene rings is 2. The second kappa shape index (κ2) is 6.95. The smallest absolute Gasteiger partial charge is 0.251 e. The summed E-state index contributed by atoms with van der Waals surface area (Å²) in [5, 5.41) is 3.77. The maximum absolute atomic E-state index is 12.3. The van der Waals surface area contributed by atoms with Gasteiger partial charge in [0, 0.05) is 23.7 Å². The van der Waals surface area contributed by atoms with E-state index in [0.29, 0.717) is 29.8 Å².